The predicted octanol–water partition coefficient (Wildman–Crippen LogP) is 0.705. The van der Waals surface area contributed by atoms with E-state index in [0.717, 1.165) is 18.4 Å². The van der Waals surface area contributed by atoms with Gasteiger partial charge in [-0.25, -0.2) is 12.7 Å². The third-order valence-electron chi connectivity index (χ3n) is 3.12. The second kappa shape index (κ2) is 5.18. The van der Waals surface area contributed by atoms with Gasteiger partial charge in [-0.2, -0.15) is 0 Å². The molecule has 1 aromatic rings. The smallest absolute Gasteiger partial charge is 0.217 e. The number of sulfonamides is 1. The number of oxime groups is 1. The molecule has 7 heteroatoms. The van der Waals surface area contributed by atoms with Gasteiger partial charge in [0.15, 0.2) is 5.84 Å². The molecule has 1 aromatic carbocycles. The van der Waals surface area contributed by atoms with Crippen LogP contribution in [0, 0.1) is 0 Å². The summed E-state index contributed by atoms with van der Waals surface area (Å²) in [5.41, 5.74) is 6.87. The van der Waals surface area contributed by atoms with Gasteiger partial charge in [0.05, 0.1) is 5.25 Å². The molecule has 19 heavy (non-hydrogen) atoms. The quantitative estimate of drug-likeness (QED) is 0.360. The topological polar surface area (TPSA) is 96.0 Å². The number of nitrogens with two attached hydrogens (primary N) is 1. The first-order valence-corrected chi connectivity index (χ1v) is 7.47. The molecule has 0 atom stereocenters. The van der Waals surface area contributed by atoms with Crippen molar-refractivity contribution in [2.45, 2.75) is 24.6 Å². The molecular formula is C12H17N3O3S. The van der Waals surface area contributed by atoms with Gasteiger partial charge >= 0.3 is 0 Å². The van der Waals surface area contributed by atoms with E-state index in [1.807, 2.05) is 6.07 Å². The molecule has 1 aliphatic rings. The van der Waals surface area contributed by atoms with Gasteiger partial charge < -0.3 is 10.9 Å². The summed E-state index contributed by atoms with van der Waals surface area (Å²) in [4.78, 5) is 0. The monoisotopic (exact) mass is 283 g/mol. The molecule has 0 radical (unpaired) electrons. The minimum Gasteiger partial charge on any atom is -0.409 e. The number of nitrogens with zero attached hydrogens (tertiary/aromatic N) is 2. The van der Waals surface area contributed by atoms with Crippen molar-refractivity contribution in [3.05, 3.63) is 35.4 Å². The normalized spacial score (nSPS) is 16.8. The van der Waals surface area contributed by atoms with E-state index < -0.39 is 10.0 Å². The molecule has 3 N–H and O–H groups in total. The van der Waals surface area contributed by atoms with Crippen molar-refractivity contribution in [2.24, 2.45) is 10.9 Å². The fourth-order valence-corrected chi connectivity index (χ4v) is 3.42. The predicted molar refractivity (Wildman–Crippen MR) is 72.4 cm³/mol. The third-order valence-corrected chi connectivity index (χ3v) is 5.43. The summed E-state index contributed by atoms with van der Waals surface area (Å²) in [6.07, 6.45) is 1.49. The molecule has 1 fully saturated rings. The Bertz CT molecular complexity index is 594. The lowest BCUT2D eigenvalue weighted by atomic mass is 10.1. The summed E-state index contributed by atoms with van der Waals surface area (Å²) in [7, 11) is -1.61. The Kier molecular flexibility index (Phi) is 3.77. The Morgan fingerprint density at radius 2 is 2.21 bits per heavy atom. The van der Waals surface area contributed by atoms with E-state index in [1.165, 1.54) is 4.31 Å². The van der Waals surface area contributed by atoms with Crippen LogP contribution in [0.5, 0.6) is 0 Å². The number of hydrogen-bond acceptors (Lipinski definition) is 4. The van der Waals surface area contributed by atoms with Crippen LogP contribution in [0.1, 0.15) is 24.0 Å². The number of amidine groups is 1. The lowest BCUT2D eigenvalue weighted by Gasteiger charge is -2.17. The number of hydrogen-bond donors (Lipinski definition) is 2. The summed E-state index contributed by atoms with van der Waals surface area (Å²) in [6, 6.07) is 6.98. The first kappa shape index (κ1) is 13.8. The van der Waals surface area contributed by atoms with Gasteiger partial charge in [0.1, 0.15) is 0 Å². The van der Waals surface area contributed by atoms with E-state index in [1.54, 1.807) is 25.2 Å². The van der Waals surface area contributed by atoms with Gasteiger partial charge in [-0.15, -0.1) is 0 Å². The maximum atomic E-state index is 12.0. The molecule has 1 aliphatic carbocycles. The minimum absolute atomic E-state index is 0.00885. The minimum atomic E-state index is -3.18. The van der Waals surface area contributed by atoms with Gasteiger partial charge in [0, 0.05) is 19.2 Å². The summed E-state index contributed by atoms with van der Waals surface area (Å²) < 4.78 is 25.4. The Labute approximate surface area is 112 Å². The highest BCUT2D eigenvalue weighted by molar-refractivity contribution is 7.90. The van der Waals surface area contributed by atoms with Crippen LogP contribution in [0.15, 0.2) is 29.4 Å². The van der Waals surface area contributed by atoms with Gasteiger partial charge in [0.2, 0.25) is 10.0 Å². The fourth-order valence-electron chi connectivity index (χ4n) is 1.85. The average Bonchev–Trinajstić information content (AvgIpc) is 3.22. The molecule has 0 saturated heterocycles. The molecule has 0 heterocycles. The number of benzene rings is 1. The van der Waals surface area contributed by atoms with Crippen molar-refractivity contribution in [3.63, 3.8) is 0 Å². The van der Waals surface area contributed by atoms with E-state index in [9.17, 15) is 8.42 Å². The lowest BCUT2D eigenvalue weighted by molar-refractivity contribution is 0.318. The Morgan fingerprint density at radius 1 is 1.53 bits per heavy atom. The van der Waals surface area contributed by atoms with Crippen LogP contribution in [0.3, 0.4) is 0 Å². The Balaban J connectivity index is 2.15. The van der Waals surface area contributed by atoms with Gasteiger partial charge in [0.25, 0.3) is 0 Å². The van der Waals surface area contributed by atoms with Crippen LogP contribution < -0.4 is 5.73 Å². The number of rotatable bonds is 5. The van der Waals surface area contributed by atoms with Gasteiger partial charge in [-0.3, -0.25) is 0 Å². The zero-order valence-electron chi connectivity index (χ0n) is 10.7. The molecule has 0 amide bonds. The van der Waals surface area contributed by atoms with E-state index in [-0.39, 0.29) is 17.6 Å². The van der Waals surface area contributed by atoms with Crippen LogP contribution in [0.4, 0.5) is 0 Å². The van der Waals surface area contributed by atoms with Crippen LogP contribution in [-0.2, 0) is 16.6 Å². The van der Waals surface area contributed by atoms with Crippen molar-refractivity contribution in [1.82, 2.24) is 4.31 Å². The van der Waals surface area contributed by atoms with Crippen molar-refractivity contribution >= 4 is 15.9 Å². The van der Waals surface area contributed by atoms with Crippen LogP contribution in [0.2, 0.25) is 0 Å². The van der Waals surface area contributed by atoms with E-state index >= 15 is 0 Å². The molecule has 1 saturated carbocycles. The molecule has 104 valence electrons. The van der Waals surface area contributed by atoms with Gasteiger partial charge in [-0.1, -0.05) is 23.4 Å². The zero-order chi connectivity index (χ0) is 14.0. The van der Waals surface area contributed by atoms with Crippen LogP contribution in [-0.4, -0.2) is 36.1 Å². The zero-order valence-corrected chi connectivity index (χ0v) is 11.5. The summed E-state index contributed by atoms with van der Waals surface area (Å²) >= 11 is 0. The summed E-state index contributed by atoms with van der Waals surface area (Å²) in [5, 5.41) is 11.3. The third kappa shape index (κ3) is 3.05. The maximum absolute atomic E-state index is 12.0. The lowest BCUT2D eigenvalue weighted by Crippen LogP contribution is -2.29. The molecule has 0 spiro atoms. The van der Waals surface area contributed by atoms with Crippen molar-refractivity contribution in [3.8, 4) is 0 Å². The first-order valence-electron chi connectivity index (χ1n) is 5.97. The molecule has 0 bridgehead atoms. The highest BCUT2D eigenvalue weighted by Crippen LogP contribution is 2.30. The molecule has 2 rings (SSSR count). The van der Waals surface area contributed by atoms with E-state index in [4.69, 9.17) is 10.9 Å². The molecule has 0 aromatic heterocycles. The summed E-state index contributed by atoms with van der Waals surface area (Å²) in [5.74, 6) is 0.00885. The van der Waals surface area contributed by atoms with Crippen molar-refractivity contribution in [2.75, 3.05) is 7.05 Å². The van der Waals surface area contributed by atoms with Crippen LogP contribution >= 0.6 is 0 Å². The summed E-state index contributed by atoms with van der Waals surface area (Å²) in [6.45, 7) is 0.283. The first-order chi connectivity index (χ1) is 8.95. The second-order valence-electron chi connectivity index (χ2n) is 4.69. The largest absolute Gasteiger partial charge is 0.409 e. The highest BCUT2D eigenvalue weighted by atomic mass is 32.2. The standard InChI is InChI=1S/C12H17N3O3S/c1-15(19(17,18)11-5-6-11)8-9-3-2-4-10(7-9)12(13)14-16/h2-4,7,11,16H,5-6,8H2,1H3,(H2,13,14). The van der Waals surface area contributed by atoms with Gasteiger partial charge in [-0.05, 0) is 24.5 Å². The second-order valence-corrected chi connectivity index (χ2v) is 7.01. The highest BCUT2D eigenvalue weighted by Gasteiger charge is 2.38. The maximum Gasteiger partial charge on any atom is 0.217 e. The van der Waals surface area contributed by atoms with E-state index in [2.05, 4.69) is 5.16 Å². The molecule has 0 aliphatic heterocycles. The average molecular weight is 283 g/mol. The molecule has 0 unspecified atom stereocenters. The molecular weight excluding hydrogens is 266 g/mol. The Hall–Kier alpha value is -1.60. The van der Waals surface area contributed by atoms with Crippen molar-refractivity contribution < 1.29 is 13.6 Å². The fraction of sp³-hybridized carbons (Fsp3) is 0.417. The molecule has 6 nitrogen and oxygen atoms in total. The SMILES string of the molecule is CN(Cc1cccc(C(N)=NO)c1)S(=O)(=O)C1CC1. The Morgan fingerprint density at radius 3 is 2.79 bits per heavy atom. The van der Waals surface area contributed by atoms with Crippen LogP contribution in [0.25, 0.3) is 0 Å². The van der Waals surface area contributed by atoms with Crippen molar-refractivity contribution in [1.29, 1.82) is 0 Å². The van der Waals surface area contributed by atoms with E-state index in [0.29, 0.717) is 5.56 Å².